The predicted octanol–water partition coefficient (Wildman–Crippen LogP) is -0.0454. The lowest BCUT2D eigenvalue weighted by molar-refractivity contribution is -0.134. The number of nitrogens with two attached hydrogens (primary N) is 1. The van der Waals surface area contributed by atoms with Crippen LogP contribution in [0.3, 0.4) is 0 Å². The van der Waals surface area contributed by atoms with E-state index in [-0.39, 0.29) is 17.9 Å². The third kappa shape index (κ3) is 2.69. The fourth-order valence-electron chi connectivity index (χ4n) is 1.89. The third-order valence-corrected chi connectivity index (χ3v) is 2.75. The summed E-state index contributed by atoms with van der Waals surface area (Å²) in [5.74, 6) is 0.0659. The Hall–Kier alpha value is -0.610. The van der Waals surface area contributed by atoms with Gasteiger partial charge in [0.1, 0.15) is 0 Å². The monoisotopic (exact) mass is 200 g/mol. The summed E-state index contributed by atoms with van der Waals surface area (Å²) >= 11 is 0. The zero-order valence-corrected chi connectivity index (χ0v) is 8.78. The molecule has 1 fully saturated rings. The summed E-state index contributed by atoms with van der Waals surface area (Å²) in [5, 5.41) is 9.31. The number of carbonyl (C=O) groups excluding carboxylic acids is 1. The summed E-state index contributed by atoms with van der Waals surface area (Å²) in [6, 6.07) is 0. The maximum absolute atomic E-state index is 11.8. The number of rotatable bonds is 4. The van der Waals surface area contributed by atoms with E-state index in [0.29, 0.717) is 26.1 Å². The second-order valence-electron chi connectivity index (χ2n) is 3.95. The van der Waals surface area contributed by atoms with Gasteiger partial charge < -0.3 is 15.7 Å². The lowest BCUT2D eigenvalue weighted by Crippen LogP contribution is -2.38. The molecule has 0 bridgehead atoms. The summed E-state index contributed by atoms with van der Waals surface area (Å²) in [4.78, 5) is 13.6. The minimum atomic E-state index is -0.334. The van der Waals surface area contributed by atoms with Crippen LogP contribution in [0.2, 0.25) is 0 Å². The van der Waals surface area contributed by atoms with Crippen molar-refractivity contribution in [2.24, 2.45) is 11.7 Å². The molecular formula is C10H20N2O2. The highest BCUT2D eigenvalue weighted by Crippen LogP contribution is 2.15. The summed E-state index contributed by atoms with van der Waals surface area (Å²) in [7, 11) is 0. The highest BCUT2D eigenvalue weighted by Gasteiger charge is 2.28. The first kappa shape index (κ1) is 11.5. The van der Waals surface area contributed by atoms with Gasteiger partial charge in [-0.15, -0.1) is 0 Å². The van der Waals surface area contributed by atoms with Crippen LogP contribution in [0.25, 0.3) is 0 Å². The van der Waals surface area contributed by atoms with E-state index in [1.807, 2.05) is 0 Å². The first-order chi connectivity index (χ1) is 6.69. The molecule has 1 amide bonds. The SMILES string of the molecule is CCCC(CN)C(=O)N1CCC(O)C1. The van der Waals surface area contributed by atoms with Gasteiger partial charge in [-0.3, -0.25) is 4.79 Å². The van der Waals surface area contributed by atoms with E-state index in [9.17, 15) is 9.90 Å². The van der Waals surface area contributed by atoms with Crippen LogP contribution in [0, 0.1) is 5.92 Å². The van der Waals surface area contributed by atoms with E-state index in [2.05, 4.69) is 6.92 Å². The number of aliphatic hydroxyl groups is 1. The smallest absolute Gasteiger partial charge is 0.227 e. The van der Waals surface area contributed by atoms with Crippen LogP contribution in [-0.2, 0) is 4.79 Å². The van der Waals surface area contributed by atoms with Crippen molar-refractivity contribution in [2.75, 3.05) is 19.6 Å². The normalized spacial score (nSPS) is 23.9. The zero-order valence-electron chi connectivity index (χ0n) is 8.78. The molecule has 1 rings (SSSR count). The van der Waals surface area contributed by atoms with Gasteiger partial charge in [-0.1, -0.05) is 13.3 Å². The molecule has 1 aliphatic rings. The second kappa shape index (κ2) is 5.32. The highest BCUT2D eigenvalue weighted by atomic mass is 16.3. The van der Waals surface area contributed by atoms with Gasteiger partial charge in [0.05, 0.1) is 12.0 Å². The molecule has 0 spiro atoms. The third-order valence-electron chi connectivity index (χ3n) is 2.75. The number of amides is 1. The Morgan fingerprint density at radius 1 is 1.71 bits per heavy atom. The number of carbonyl (C=O) groups is 1. The predicted molar refractivity (Wildman–Crippen MR) is 54.7 cm³/mol. The molecule has 1 heterocycles. The average Bonchev–Trinajstić information content (AvgIpc) is 2.60. The molecule has 82 valence electrons. The van der Waals surface area contributed by atoms with Gasteiger partial charge in [0, 0.05) is 19.6 Å². The maximum Gasteiger partial charge on any atom is 0.227 e. The number of hydrogen-bond donors (Lipinski definition) is 2. The highest BCUT2D eigenvalue weighted by molar-refractivity contribution is 5.79. The van der Waals surface area contributed by atoms with E-state index >= 15 is 0 Å². The Morgan fingerprint density at radius 3 is 2.86 bits per heavy atom. The molecule has 2 atom stereocenters. The van der Waals surface area contributed by atoms with Crippen LogP contribution in [-0.4, -0.2) is 41.7 Å². The Bertz CT molecular complexity index is 191. The fourth-order valence-corrected chi connectivity index (χ4v) is 1.89. The summed E-state index contributed by atoms with van der Waals surface area (Å²) in [6.45, 7) is 3.63. The van der Waals surface area contributed by atoms with Crippen molar-refractivity contribution >= 4 is 5.91 Å². The van der Waals surface area contributed by atoms with Gasteiger partial charge in [0.15, 0.2) is 0 Å². The van der Waals surface area contributed by atoms with Crippen LogP contribution < -0.4 is 5.73 Å². The molecule has 0 aromatic carbocycles. The Balaban J connectivity index is 2.45. The molecule has 1 saturated heterocycles. The molecule has 0 radical (unpaired) electrons. The number of aliphatic hydroxyl groups excluding tert-OH is 1. The fraction of sp³-hybridized carbons (Fsp3) is 0.900. The quantitative estimate of drug-likeness (QED) is 0.669. The molecule has 0 aromatic rings. The van der Waals surface area contributed by atoms with Crippen LogP contribution in [0.15, 0.2) is 0 Å². The van der Waals surface area contributed by atoms with Crippen molar-refractivity contribution in [1.82, 2.24) is 4.90 Å². The van der Waals surface area contributed by atoms with Gasteiger partial charge in [-0.25, -0.2) is 0 Å². The molecule has 0 aromatic heterocycles. The van der Waals surface area contributed by atoms with Crippen molar-refractivity contribution in [3.63, 3.8) is 0 Å². The van der Waals surface area contributed by atoms with Gasteiger partial charge in [0.25, 0.3) is 0 Å². The lowest BCUT2D eigenvalue weighted by atomic mass is 10.0. The largest absolute Gasteiger partial charge is 0.391 e. The molecule has 14 heavy (non-hydrogen) atoms. The molecule has 3 N–H and O–H groups in total. The molecule has 1 aliphatic heterocycles. The first-order valence-corrected chi connectivity index (χ1v) is 5.36. The number of β-amino-alcohol motifs (C(OH)–C–C–N with tert-alkyl or cyclic N) is 1. The Morgan fingerprint density at radius 2 is 2.43 bits per heavy atom. The second-order valence-corrected chi connectivity index (χ2v) is 3.95. The van der Waals surface area contributed by atoms with E-state index in [4.69, 9.17) is 5.73 Å². The topological polar surface area (TPSA) is 66.6 Å². The summed E-state index contributed by atoms with van der Waals surface area (Å²) in [5.41, 5.74) is 5.55. The molecular weight excluding hydrogens is 180 g/mol. The van der Waals surface area contributed by atoms with E-state index < -0.39 is 0 Å². The minimum absolute atomic E-state index is 0.0506. The standard InChI is InChI=1S/C10H20N2O2/c1-2-3-8(6-11)10(14)12-5-4-9(13)7-12/h8-9,13H,2-7,11H2,1H3. The van der Waals surface area contributed by atoms with Gasteiger partial charge >= 0.3 is 0 Å². The van der Waals surface area contributed by atoms with E-state index in [1.54, 1.807) is 4.90 Å². The molecule has 4 nitrogen and oxygen atoms in total. The molecule has 0 aliphatic carbocycles. The van der Waals surface area contributed by atoms with E-state index in [0.717, 1.165) is 12.8 Å². The van der Waals surface area contributed by atoms with Crippen molar-refractivity contribution in [3.8, 4) is 0 Å². The van der Waals surface area contributed by atoms with Gasteiger partial charge in [0.2, 0.25) is 5.91 Å². The lowest BCUT2D eigenvalue weighted by Gasteiger charge is -2.21. The van der Waals surface area contributed by atoms with Crippen LogP contribution >= 0.6 is 0 Å². The van der Waals surface area contributed by atoms with Crippen LogP contribution in [0.5, 0.6) is 0 Å². The first-order valence-electron chi connectivity index (χ1n) is 5.36. The van der Waals surface area contributed by atoms with Gasteiger partial charge in [-0.05, 0) is 12.8 Å². The van der Waals surface area contributed by atoms with E-state index in [1.165, 1.54) is 0 Å². The van der Waals surface area contributed by atoms with Crippen LogP contribution in [0.1, 0.15) is 26.2 Å². The number of nitrogens with zero attached hydrogens (tertiary/aromatic N) is 1. The Kier molecular flexibility index (Phi) is 4.35. The van der Waals surface area contributed by atoms with Crippen LogP contribution in [0.4, 0.5) is 0 Å². The van der Waals surface area contributed by atoms with Gasteiger partial charge in [-0.2, -0.15) is 0 Å². The summed E-state index contributed by atoms with van der Waals surface area (Å²) < 4.78 is 0. The van der Waals surface area contributed by atoms with Crippen molar-refractivity contribution in [3.05, 3.63) is 0 Å². The zero-order chi connectivity index (χ0) is 10.6. The minimum Gasteiger partial charge on any atom is -0.391 e. The molecule has 0 saturated carbocycles. The molecule has 4 heteroatoms. The van der Waals surface area contributed by atoms with Crippen molar-refractivity contribution in [2.45, 2.75) is 32.3 Å². The average molecular weight is 200 g/mol. The number of hydrogen-bond acceptors (Lipinski definition) is 3. The van der Waals surface area contributed by atoms with Crippen molar-refractivity contribution in [1.29, 1.82) is 0 Å². The Labute approximate surface area is 85.1 Å². The molecule has 2 unspecified atom stereocenters. The van der Waals surface area contributed by atoms with Crippen molar-refractivity contribution < 1.29 is 9.90 Å². The number of likely N-dealkylation sites (tertiary alicyclic amines) is 1. The summed E-state index contributed by atoms with van der Waals surface area (Å²) in [6.07, 6.45) is 2.19. The maximum atomic E-state index is 11.8.